The van der Waals surface area contributed by atoms with E-state index in [4.69, 9.17) is 10.8 Å². The van der Waals surface area contributed by atoms with Gasteiger partial charge in [0.2, 0.25) is 5.91 Å². The van der Waals surface area contributed by atoms with E-state index in [1.807, 2.05) is 30.3 Å². The topological polar surface area (TPSA) is 83.6 Å². The fourth-order valence-corrected chi connectivity index (χ4v) is 2.82. The average molecular weight is 290 g/mol. The van der Waals surface area contributed by atoms with Gasteiger partial charge < -0.3 is 15.7 Å². The molecule has 0 bridgehead atoms. The van der Waals surface area contributed by atoms with E-state index >= 15 is 0 Å². The lowest BCUT2D eigenvalue weighted by Gasteiger charge is -2.36. The van der Waals surface area contributed by atoms with Gasteiger partial charge >= 0.3 is 5.97 Å². The molecule has 1 unspecified atom stereocenters. The minimum atomic E-state index is -1.04. The molecule has 1 atom stereocenters. The molecule has 1 aromatic carbocycles. The third kappa shape index (κ3) is 3.61. The lowest BCUT2D eigenvalue weighted by atomic mass is 9.88. The van der Waals surface area contributed by atoms with Crippen molar-refractivity contribution >= 4 is 11.9 Å². The first-order valence-electron chi connectivity index (χ1n) is 7.27. The van der Waals surface area contributed by atoms with E-state index in [9.17, 15) is 9.59 Å². The number of likely N-dealkylation sites (tertiary alicyclic amines) is 1. The molecule has 21 heavy (non-hydrogen) atoms. The monoisotopic (exact) mass is 290 g/mol. The number of carbonyl (C=O) groups is 2. The summed E-state index contributed by atoms with van der Waals surface area (Å²) in [6, 6.07) is 9.34. The van der Waals surface area contributed by atoms with Crippen molar-refractivity contribution in [3.63, 3.8) is 0 Å². The molecule has 0 saturated carbocycles. The molecule has 0 radical (unpaired) electrons. The number of carbonyl (C=O) groups excluding carboxylic acids is 1. The van der Waals surface area contributed by atoms with Crippen LogP contribution in [0.1, 0.15) is 31.7 Å². The van der Waals surface area contributed by atoms with Crippen molar-refractivity contribution in [2.45, 2.75) is 31.7 Å². The predicted octanol–water partition coefficient (Wildman–Crippen LogP) is 1.57. The Hall–Kier alpha value is -1.88. The summed E-state index contributed by atoms with van der Waals surface area (Å²) in [6.07, 6.45) is 1.63. The molecule has 1 saturated heterocycles. The number of nitrogens with two attached hydrogens (primary N) is 1. The summed E-state index contributed by atoms with van der Waals surface area (Å²) >= 11 is 0. The Kier molecular flexibility index (Phi) is 4.63. The van der Waals surface area contributed by atoms with Crippen molar-refractivity contribution < 1.29 is 14.7 Å². The fourth-order valence-electron chi connectivity index (χ4n) is 2.82. The maximum absolute atomic E-state index is 12.6. The van der Waals surface area contributed by atoms with Gasteiger partial charge in [-0.2, -0.15) is 0 Å². The largest absolute Gasteiger partial charge is 0.481 e. The quantitative estimate of drug-likeness (QED) is 0.881. The second-order valence-electron chi connectivity index (χ2n) is 5.90. The Morgan fingerprint density at radius 2 is 1.86 bits per heavy atom. The molecule has 1 aromatic rings. The van der Waals surface area contributed by atoms with Crippen LogP contribution in [-0.4, -0.2) is 35.0 Å². The zero-order valence-electron chi connectivity index (χ0n) is 12.3. The number of benzene rings is 1. The van der Waals surface area contributed by atoms with Crippen molar-refractivity contribution in [2.24, 2.45) is 11.7 Å². The zero-order valence-corrected chi connectivity index (χ0v) is 12.3. The number of aliphatic carboxylic acids is 1. The fraction of sp³-hybridized carbons (Fsp3) is 0.500. The van der Waals surface area contributed by atoms with E-state index in [0.29, 0.717) is 13.1 Å². The number of nitrogens with zero attached hydrogens (tertiary/aromatic N) is 1. The first-order valence-corrected chi connectivity index (χ1v) is 7.27. The number of carboxylic acids is 1. The number of hydrogen-bond acceptors (Lipinski definition) is 3. The highest BCUT2D eigenvalue weighted by molar-refractivity contribution is 5.87. The summed E-state index contributed by atoms with van der Waals surface area (Å²) in [4.78, 5) is 25.1. The van der Waals surface area contributed by atoms with Crippen LogP contribution < -0.4 is 5.73 Å². The summed E-state index contributed by atoms with van der Waals surface area (Å²) in [5.41, 5.74) is 6.00. The van der Waals surface area contributed by atoms with E-state index < -0.39 is 11.5 Å². The molecule has 0 spiro atoms. The molecule has 1 aliphatic heterocycles. The van der Waals surface area contributed by atoms with Crippen LogP contribution in [-0.2, 0) is 15.1 Å². The van der Waals surface area contributed by atoms with Crippen LogP contribution >= 0.6 is 0 Å². The summed E-state index contributed by atoms with van der Waals surface area (Å²) in [7, 11) is 0. The number of hydrogen-bond donors (Lipinski definition) is 2. The van der Waals surface area contributed by atoms with Gasteiger partial charge in [-0.3, -0.25) is 9.59 Å². The van der Waals surface area contributed by atoms with Crippen molar-refractivity contribution in [1.82, 2.24) is 4.90 Å². The first kappa shape index (κ1) is 15.5. The summed E-state index contributed by atoms with van der Waals surface area (Å²) in [5.74, 6) is -0.706. The maximum atomic E-state index is 12.6. The molecule has 114 valence electrons. The Bertz CT molecular complexity index is 506. The van der Waals surface area contributed by atoms with Crippen LogP contribution in [0.15, 0.2) is 30.3 Å². The highest BCUT2D eigenvalue weighted by Crippen LogP contribution is 2.25. The number of amides is 1. The van der Waals surface area contributed by atoms with Crippen LogP contribution in [0.2, 0.25) is 0 Å². The number of piperidine rings is 1. The average Bonchev–Trinajstić information content (AvgIpc) is 2.47. The molecule has 0 aliphatic carbocycles. The SMILES string of the molecule is CC(N)(C(=O)N1CCC(CC(=O)O)CC1)c1ccccc1. The highest BCUT2D eigenvalue weighted by atomic mass is 16.4. The Balaban J connectivity index is 2.00. The van der Waals surface area contributed by atoms with Gasteiger partial charge in [0.25, 0.3) is 0 Å². The van der Waals surface area contributed by atoms with Crippen molar-refractivity contribution in [2.75, 3.05) is 13.1 Å². The number of carboxylic acid groups (broad SMARTS) is 1. The molecule has 3 N–H and O–H groups in total. The molecule has 1 aliphatic rings. The van der Waals surface area contributed by atoms with Crippen LogP contribution in [0.4, 0.5) is 0 Å². The lowest BCUT2D eigenvalue weighted by Crippen LogP contribution is -2.53. The summed E-state index contributed by atoms with van der Waals surface area (Å²) in [6.45, 7) is 2.89. The van der Waals surface area contributed by atoms with Crippen molar-refractivity contribution in [1.29, 1.82) is 0 Å². The van der Waals surface area contributed by atoms with E-state index in [1.54, 1.807) is 11.8 Å². The minimum Gasteiger partial charge on any atom is -0.481 e. The van der Waals surface area contributed by atoms with Gasteiger partial charge in [0.15, 0.2) is 0 Å². The standard InChI is InChI=1S/C16H22N2O3/c1-16(17,13-5-3-2-4-6-13)15(21)18-9-7-12(8-10-18)11-14(19)20/h2-6,12H,7-11,17H2,1H3,(H,19,20). The van der Waals surface area contributed by atoms with Gasteiger partial charge in [0.05, 0.1) is 0 Å². The zero-order chi connectivity index (χ0) is 15.5. The van der Waals surface area contributed by atoms with Crippen LogP contribution in [0.5, 0.6) is 0 Å². The Morgan fingerprint density at radius 3 is 2.38 bits per heavy atom. The van der Waals surface area contributed by atoms with Gasteiger partial charge in [0.1, 0.15) is 5.54 Å². The molecule has 1 heterocycles. The van der Waals surface area contributed by atoms with Crippen LogP contribution in [0, 0.1) is 5.92 Å². The predicted molar refractivity (Wildman–Crippen MR) is 79.5 cm³/mol. The lowest BCUT2D eigenvalue weighted by molar-refractivity contribution is -0.140. The highest BCUT2D eigenvalue weighted by Gasteiger charge is 2.36. The number of rotatable bonds is 4. The van der Waals surface area contributed by atoms with Crippen molar-refractivity contribution in [3.8, 4) is 0 Å². The Labute approximate surface area is 124 Å². The normalized spacial score (nSPS) is 19.0. The van der Waals surface area contributed by atoms with Gasteiger partial charge in [0, 0.05) is 19.5 Å². The smallest absolute Gasteiger partial charge is 0.303 e. The third-order valence-corrected chi connectivity index (χ3v) is 4.18. The molecule has 5 nitrogen and oxygen atoms in total. The summed E-state index contributed by atoms with van der Waals surface area (Å²) in [5, 5.41) is 8.82. The molecule has 1 amide bonds. The minimum absolute atomic E-state index is 0.0949. The molecule has 5 heteroatoms. The molecule has 2 rings (SSSR count). The molecule has 1 fully saturated rings. The van der Waals surface area contributed by atoms with Crippen molar-refractivity contribution in [3.05, 3.63) is 35.9 Å². The molecule has 0 aromatic heterocycles. The van der Waals surface area contributed by atoms with Gasteiger partial charge in [-0.05, 0) is 31.2 Å². The molecular weight excluding hydrogens is 268 g/mol. The third-order valence-electron chi connectivity index (χ3n) is 4.18. The van der Waals surface area contributed by atoms with E-state index in [1.165, 1.54) is 0 Å². The first-order chi connectivity index (χ1) is 9.91. The summed E-state index contributed by atoms with van der Waals surface area (Å²) < 4.78 is 0. The second-order valence-corrected chi connectivity index (χ2v) is 5.90. The van der Waals surface area contributed by atoms with E-state index in [0.717, 1.165) is 18.4 Å². The van der Waals surface area contributed by atoms with Gasteiger partial charge in [-0.1, -0.05) is 30.3 Å². The molecular formula is C16H22N2O3. The van der Waals surface area contributed by atoms with E-state index in [-0.39, 0.29) is 18.2 Å². The van der Waals surface area contributed by atoms with E-state index in [2.05, 4.69) is 0 Å². The van der Waals surface area contributed by atoms with Crippen LogP contribution in [0.3, 0.4) is 0 Å². The van der Waals surface area contributed by atoms with Crippen LogP contribution in [0.25, 0.3) is 0 Å². The maximum Gasteiger partial charge on any atom is 0.303 e. The Morgan fingerprint density at radius 1 is 1.29 bits per heavy atom. The second kappa shape index (κ2) is 6.26. The van der Waals surface area contributed by atoms with Gasteiger partial charge in [-0.25, -0.2) is 0 Å². The van der Waals surface area contributed by atoms with Gasteiger partial charge in [-0.15, -0.1) is 0 Å².